The van der Waals surface area contributed by atoms with Gasteiger partial charge in [0, 0.05) is 16.3 Å². The van der Waals surface area contributed by atoms with Gasteiger partial charge in [-0.25, -0.2) is 14.8 Å². The summed E-state index contributed by atoms with van der Waals surface area (Å²) >= 11 is 5.97. The summed E-state index contributed by atoms with van der Waals surface area (Å²) in [4.78, 5) is 22.1. The molecule has 0 aliphatic carbocycles. The number of fused-ring (bicyclic) bond motifs is 2. The van der Waals surface area contributed by atoms with E-state index in [9.17, 15) is 4.79 Å². The SMILES string of the molecule is O=C(OC[C@@H]1COc2ccccc21)c1nc2ccccc2nc1Nc1ccc(Cl)cc1. The third-order valence-corrected chi connectivity index (χ3v) is 5.34. The molecule has 0 saturated heterocycles. The molecule has 0 fully saturated rings. The van der Waals surface area contributed by atoms with Gasteiger partial charge in [0.15, 0.2) is 11.5 Å². The van der Waals surface area contributed by atoms with E-state index >= 15 is 0 Å². The van der Waals surface area contributed by atoms with Gasteiger partial charge in [-0.15, -0.1) is 0 Å². The van der Waals surface area contributed by atoms with Crippen molar-refractivity contribution in [1.82, 2.24) is 9.97 Å². The summed E-state index contributed by atoms with van der Waals surface area (Å²) in [7, 11) is 0. The van der Waals surface area contributed by atoms with Crippen molar-refractivity contribution in [2.24, 2.45) is 0 Å². The third-order valence-electron chi connectivity index (χ3n) is 5.09. The van der Waals surface area contributed by atoms with Gasteiger partial charge in [-0.3, -0.25) is 0 Å². The van der Waals surface area contributed by atoms with Crippen LogP contribution >= 0.6 is 11.6 Å². The molecular weight excluding hydrogens is 414 g/mol. The van der Waals surface area contributed by atoms with E-state index in [0.717, 1.165) is 17.0 Å². The molecule has 5 rings (SSSR count). The number of para-hydroxylation sites is 3. The lowest BCUT2D eigenvalue weighted by Gasteiger charge is -2.13. The van der Waals surface area contributed by atoms with Crippen molar-refractivity contribution in [3.8, 4) is 5.75 Å². The molecule has 4 aromatic rings. The number of nitrogens with zero attached hydrogens (tertiary/aromatic N) is 2. The number of anilines is 2. The van der Waals surface area contributed by atoms with Crippen LogP contribution in [-0.2, 0) is 4.74 Å². The number of aromatic nitrogens is 2. The Hall–Kier alpha value is -3.64. The number of hydrogen-bond acceptors (Lipinski definition) is 6. The van der Waals surface area contributed by atoms with Crippen LogP contribution in [-0.4, -0.2) is 29.2 Å². The number of halogens is 1. The molecule has 0 unspecified atom stereocenters. The van der Waals surface area contributed by atoms with Crippen molar-refractivity contribution in [3.05, 3.63) is 89.1 Å². The van der Waals surface area contributed by atoms with Crippen LogP contribution in [0.5, 0.6) is 5.75 Å². The number of nitrogens with one attached hydrogen (secondary N) is 1. The standard InChI is InChI=1S/C24H18ClN3O3/c25-16-9-11-17(12-10-16)26-23-22(27-19-6-2-3-7-20(19)28-23)24(29)31-14-15-13-30-21-8-4-1-5-18(15)21/h1-12,15H,13-14H2,(H,26,28)/t15-/m0/s1. The fourth-order valence-electron chi connectivity index (χ4n) is 3.51. The van der Waals surface area contributed by atoms with Crippen LogP contribution in [0.3, 0.4) is 0 Å². The molecule has 0 radical (unpaired) electrons. The highest BCUT2D eigenvalue weighted by molar-refractivity contribution is 6.30. The maximum atomic E-state index is 13.0. The molecule has 3 aromatic carbocycles. The summed E-state index contributed by atoms with van der Waals surface area (Å²) in [5, 5.41) is 3.78. The maximum Gasteiger partial charge on any atom is 0.360 e. The lowest BCUT2D eigenvalue weighted by atomic mass is 10.0. The minimum atomic E-state index is -0.543. The van der Waals surface area contributed by atoms with Crippen molar-refractivity contribution in [1.29, 1.82) is 0 Å². The van der Waals surface area contributed by atoms with Crippen LogP contribution in [0, 0.1) is 0 Å². The smallest absolute Gasteiger partial charge is 0.360 e. The Morgan fingerprint density at radius 3 is 2.52 bits per heavy atom. The topological polar surface area (TPSA) is 73.3 Å². The minimum absolute atomic E-state index is 0.0127. The van der Waals surface area contributed by atoms with Crippen molar-refractivity contribution < 1.29 is 14.3 Å². The van der Waals surface area contributed by atoms with Gasteiger partial charge in [0.05, 0.1) is 23.6 Å². The second-order valence-electron chi connectivity index (χ2n) is 7.19. The molecule has 154 valence electrons. The van der Waals surface area contributed by atoms with Gasteiger partial charge < -0.3 is 14.8 Å². The van der Waals surface area contributed by atoms with Crippen LogP contribution < -0.4 is 10.1 Å². The van der Waals surface area contributed by atoms with Gasteiger partial charge in [-0.05, 0) is 42.5 Å². The van der Waals surface area contributed by atoms with E-state index in [-0.39, 0.29) is 18.2 Å². The summed E-state index contributed by atoms with van der Waals surface area (Å²) in [6.07, 6.45) is 0. The highest BCUT2D eigenvalue weighted by Gasteiger charge is 2.26. The fourth-order valence-corrected chi connectivity index (χ4v) is 3.64. The zero-order chi connectivity index (χ0) is 21.2. The molecule has 0 amide bonds. The predicted molar refractivity (Wildman–Crippen MR) is 119 cm³/mol. The van der Waals surface area contributed by atoms with E-state index in [0.29, 0.717) is 28.5 Å². The van der Waals surface area contributed by atoms with E-state index in [1.165, 1.54) is 0 Å². The summed E-state index contributed by atoms with van der Waals surface area (Å²) < 4.78 is 11.3. The van der Waals surface area contributed by atoms with Crippen LogP contribution in [0.2, 0.25) is 5.02 Å². The molecule has 6 nitrogen and oxygen atoms in total. The van der Waals surface area contributed by atoms with E-state index in [2.05, 4.69) is 15.3 Å². The Balaban J connectivity index is 1.42. The number of carbonyl (C=O) groups is 1. The van der Waals surface area contributed by atoms with Crippen molar-refractivity contribution in [3.63, 3.8) is 0 Å². The van der Waals surface area contributed by atoms with Gasteiger partial charge in [0.1, 0.15) is 12.4 Å². The van der Waals surface area contributed by atoms with Gasteiger partial charge >= 0.3 is 5.97 Å². The maximum absolute atomic E-state index is 13.0. The van der Waals surface area contributed by atoms with Crippen molar-refractivity contribution in [2.45, 2.75) is 5.92 Å². The highest BCUT2D eigenvalue weighted by atomic mass is 35.5. The monoisotopic (exact) mass is 431 g/mol. The average Bonchev–Trinajstić information content (AvgIpc) is 3.22. The van der Waals surface area contributed by atoms with Crippen LogP contribution in [0.1, 0.15) is 22.0 Å². The molecule has 2 heterocycles. The first-order valence-electron chi connectivity index (χ1n) is 9.85. The van der Waals surface area contributed by atoms with Gasteiger partial charge in [0.25, 0.3) is 0 Å². The molecule has 0 bridgehead atoms. The molecular formula is C24H18ClN3O3. The van der Waals surface area contributed by atoms with Crippen LogP contribution in [0.4, 0.5) is 11.5 Å². The van der Waals surface area contributed by atoms with E-state index < -0.39 is 5.97 Å². The molecule has 31 heavy (non-hydrogen) atoms. The molecule has 1 atom stereocenters. The summed E-state index contributed by atoms with van der Waals surface area (Å²) in [6, 6.07) is 22.3. The Morgan fingerprint density at radius 2 is 1.71 bits per heavy atom. The summed E-state index contributed by atoms with van der Waals surface area (Å²) in [6.45, 7) is 0.677. The Morgan fingerprint density at radius 1 is 1.00 bits per heavy atom. The van der Waals surface area contributed by atoms with E-state index in [4.69, 9.17) is 21.1 Å². The average molecular weight is 432 g/mol. The molecule has 1 aromatic heterocycles. The minimum Gasteiger partial charge on any atom is -0.493 e. The van der Waals surface area contributed by atoms with E-state index in [1.807, 2.05) is 48.5 Å². The van der Waals surface area contributed by atoms with Crippen LogP contribution in [0.25, 0.3) is 11.0 Å². The molecule has 1 N–H and O–H groups in total. The largest absolute Gasteiger partial charge is 0.493 e. The zero-order valence-corrected chi connectivity index (χ0v) is 17.2. The van der Waals surface area contributed by atoms with Crippen LogP contribution in [0.15, 0.2) is 72.8 Å². The number of benzene rings is 3. The zero-order valence-electron chi connectivity index (χ0n) is 16.4. The Labute approximate surface area is 183 Å². The lowest BCUT2D eigenvalue weighted by molar-refractivity contribution is 0.0465. The molecule has 7 heteroatoms. The number of esters is 1. The first-order chi connectivity index (χ1) is 15.2. The molecule has 0 saturated carbocycles. The number of rotatable bonds is 5. The highest BCUT2D eigenvalue weighted by Crippen LogP contribution is 2.33. The molecule has 0 spiro atoms. The second-order valence-corrected chi connectivity index (χ2v) is 7.62. The normalized spacial score (nSPS) is 14.7. The van der Waals surface area contributed by atoms with E-state index in [1.54, 1.807) is 24.3 Å². The lowest BCUT2D eigenvalue weighted by Crippen LogP contribution is -2.17. The first-order valence-corrected chi connectivity index (χ1v) is 10.2. The van der Waals surface area contributed by atoms with Gasteiger partial charge in [0.2, 0.25) is 0 Å². The summed E-state index contributed by atoms with van der Waals surface area (Å²) in [5.74, 6) is 0.605. The third kappa shape index (κ3) is 4.02. The molecule has 1 aliphatic heterocycles. The number of hydrogen-bond donors (Lipinski definition) is 1. The molecule has 1 aliphatic rings. The number of carbonyl (C=O) groups excluding carboxylic acids is 1. The van der Waals surface area contributed by atoms with Gasteiger partial charge in [-0.2, -0.15) is 0 Å². The van der Waals surface area contributed by atoms with Crippen molar-refractivity contribution >= 4 is 40.1 Å². The Kier molecular flexibility index (Phi) is 5.14. The predicted octanol–water partition coefficient (Wildman–Crippen LogP) is 5.36. The fraction of sp³-hybridized carbons (Fsp3) is 0.125. The summed E-state index contributed by atoms with van der Waals surface area (Å²) in [5.41, 5.74) is 3.20. The Bertz CT molecular complexity index is 1260. The quantitative estimate of drug-likeness (QED) is 0.429. The van der Waals surface area contributed by atoms with Gasteiger partial charge in [-0.1, -0.05) is 41.9 Å². The van der Waals surface area contributed by atoms with Crippen molar-refractivity contribution in [2.75, 3.05) is 18.5 Å². The number of ether oxygens (including phenoxy) is 2. The second kappa shape index (κ2) is 8.24. The first kappa shape index (κ1) is 19.3.